The average Bonchev–Trinajstić information content (AvgIpc) is 3.06. The van der Waals surface area contributed by atoms with Gasteiger partial charge in [-0.25, -0.2) is 0 Å². The predicted molar refractivity (Wildman–Crippen MR) is 90.0 cm³/mol. The van der Waals surface area contributed by atoms with E-state index in [0.29, 0.717) is 0 Å². The summed E-state index contributed by atoms with van der Waals surface area (Å²) in [5.74, 6) is 0. The minimum atomic E-state index is 0.726. The van der Waals surface area contributed by atoms with Gasteiger partial charge in [0.2, 0.25) is 0 Å². The highest BCUT2D eigenvalue weighted by atomic mass is 15.2. The van der Waals surface area contributed by atoms with Crippen LogP contribution in [0.1, 0.15) is 32.1 Å². The molecule has 0 bridgehead atoms. The van der Waals surface area contributed by atoms with Gasteiger partial charge in [-0.2, -0.15) is 0 Å². The lowest BCUT2D eigenvalue weighted by molar-refractivity contribution is 0.322. The highest BCUT2D eigenvalue weighted by Crippen LogP contribution is 2.19. The smallest absolute Gasteiger partial charge is 0.0366 e. The van der Waals surface area contributed by atoms with Gasteiger partial charge in [-0.05, 0) is 70.4 Å². The molecule has 0 spiro atoms. The van der Waals surface area contributed by atoms with Crippen molar-refractivity contribution >= 4 is 5.69 Å². The zero-order valence-corrected chi connectivity index (χ0v) is 13.1. The average molecular weight is 287 g/mol. The van der Waals surface area contributed by atoms with Gasteiger partial charge in [-0.15, -0.1) is 0 Å². The number of nitrogens with one attached hydrogen (secondary N) is 1. The number of rotatable bonds is 6. The summed E-state index contributed by atoms with van der Waals surface area (Å²) in [4.78, 5) is 5.13. The van der Waals surface area contributed by atoms with Crippen LogP contribution in [0, 0.1) is 0 Å². The number of benzene rings is 1. The van der Waals surface area contributed by atoms with Gasteiger partial charge in [0.05, 0.1) is 0 Å². The molecule has 2 aliphatic heterocycles. The molecule has 3 rings (SSSR count). The Balaban J connectivity index is 1.30. The molecule has 0 radical (unpaired) electrons. The molecule has 0 aliphatic carbocycles. The van der Waals surface area contributed by atoms with Crippen LogP contribution in [-0.4, -0.2) is 50.2 Å². The molecule has 2 heterocycles. The number of hydrogen-bond acceptors (Lipinski definition) is 3. The fourth-order valence-electron chi connectivity index (χ4n) is 3.60. The second-order valence-corrected chi connectivity index (χ2v) is 6.45. The normalized spacial score (nSPS) is 21.0. The van der Waals surface area contributed by atoms with Gasteiger partial charge in [-0.3, -0.25) is 0 Å². The molecule has 0 atom stereocenters. The van der Waals surface area contributed by atoms with E-state index < -0.39 is 0 Å². The first-order chi connectivity index (χ1) is 10.4. The Labute approximate surface area is 129 Å². The lowest BCUT2D eigenvalue weighted by Gasteiger charge is -2.34. The van der Waals surface area contributed by atoms with Gasteiger partial charge in [0, 0.05) is 24.8 Å². The standard InChI is InChI=1S/C18H29N3/c1-2-7-18(8-3-1)21-15-9-17(10-16-21)19-11-6-14-20-12-4-5-13-20/h1-3,7-8,17,19H,4-6,9-16H2. The summed E-state index contributed by atoms with van der Waals surface area (Å²) in [6.07, 6.45) is 6.67. The SMILES string of the molecule is c1ccc(N2CCC(NCCCN3CCCC3)CC2)cc1. The monoisotopic (exact) mass is 287 g/mol. The number of likely N-dealkylation sites (tertiary alicyclic amines) is 1. The third-order valence-electron chi connectivity index (χ3n) is 4.90. The molecular weight excluding hydrogens is 258 g/mol. The lowest BCUT2D eigenvalue weighted by Crippen LogP contribution is -2.43. The van der Waals surface area contributed by atoms with E-state index in [9.17, 15) is 0 Å². The number of piperidine rings is 1. The molecule has 0 amide bonds. The molecule has 2 saturated heterocycles. The maximum atomic E-state index is 3.76. The Morgan fingerprint density at radius 2 is 1.67 bits per heavy atom. The summed E-state index contributed by atoms with van der Waals surface area (Å²) < 4.78 is 0. The zero-order chi connectivity index (χ0) is 14.3. The van der Waals surface area contributed by atoms with Gasteiger partial charge in [-0.1, -0.05) is 18.2 Å². The maximum Gasteiger partial charge on any atom is 0.0366 e. The summed E-state index contributed by atoms with van der Waals surface area (Å²) in [6, 6.07) is 11.5. The number of anilines is 1. The van der Waals surface area contributed by atoms with Crippen LogP contribution in [0.2, 0.25) is 0 Å². The molecular formula is C18H29N3. The maximum absolute atomic E-state index is 3.76. The van der Waals surface area contributed by atoms with E-state index in [1.54, 1.807) is 0 Å². The van der Waals surface area contributed by atoms with E-state index in [-0.39, 0.29) is 0 Å². The molecule has 2 aliphatic rings. The van der Waals surface area contributed by atoms with Crippen LogP contribution in [0.25, 0.3) is 0 Å². The topological polar surface area (TPSA) is 18.5 Å². The first-order valence-corrected chi connectivity index (χ1v) is 8.67. The van der Waals surface area contributed by atoms with Gasteiger partial charge in [0.15, 0.2) is 0 Å². The summed E-state index contributed by atoms with van der Waals surface area (Å²) in [5, 5.41) is 3.76. The van der Waals surface area contributed by atoms with Crippen LogP contribution in [0.3, 0.4) is 0 Å². The molecule has 1 N–H and O–H groups in total. The minimum absolute atomic E-state index is 0.726. The summed E-state index contributed by atoms with van der Waals surface area (Å²) in [6.45, 7) is 7.51. The number of para-hydroxylation sites is 1. The van der Waals surface area contributed by atoms with Crippen molar-refractivity contribution in [1.29, 1.82) is 0 Å². The molecule has 116 valence electrons. The van der Waals surface area contributed by atoms with Gasteiger partial charge in [0.1, 0.15) is 0 Å². The first-order valence-electron chi connectivity index (χ1n) is 8.67. The number of hydrogen-bond donors (Lipinski definition) is 1. The summed E-state index contributed by atoms with van der Waals surface area (Å²) in [5.41, 5.74) is 1.38. The molecule has 2 fully saturated rings. The Bertz CT molecular complexity index is 392. The number of nitrogens with zero attached hydrogens (tertiary/aromatic N) is 2. The third kappa shape index (κ3) is 4.45. The van der Waals surface area contributed by atoms with E-state index in [0.717, 1.165) is 6.04 Å². The molecule has 3 heteroatoms. The first kappa shape index (κ1) is 14.9. The van der Waals surface area contributed by atoms with Crippen LogP contribution in [0.5, 0.6) is 0 Å². The van der Waals surface area contributed by atoms with Crippen molar-refractivity contribution in [2.45, 2.75) is 38.1 Å². The Morgan fingerprint density at radius 3 is 2.38 bits per heavy atom. The van der Waals surface area contributed by atoms with Gasteiger partial charge >= 0.3 is 0 Å². The highest BCUT2D eigenvalue weighted by Gasteiger charge is 2.18. The van der Waals surface area contributed by atoms with Crippen LogP contribution >= 0.6 is 0 Å². The molecule has 0 saturated carbocycles. The van der Waals surface area contributed by atoms with Crippen LogP contribution in [-0.2, 0) is 0 Å². The summed E-state index contributed by atoms with van der Waals surface area (Å²) in [7, 11) is 0. The van der Waals surface area contributed by atoms with E-state index in [4.69, 9.17) is 0 Å². The van der Waals surface area contributed by atoms with Gasteiger partial charge < -0.3 is 15.1 Å². The second kappa shape index (κ2) is 7.81. The van der Waals surface area contributed by atoms with Crippen molar-refractivity contribution in [1.82, 2.24) is 10.2 Å². The fourth-order valence-corrected chi connectivity index (χ4v) is 3.60. The fraction of sp³-hybridized carbons (Fsp3) is 0.667. The molecule has 0 aromatic heterocycles. The molecule has 1 aromatic rings. The van der Waals surface area contributed by atoms with Crippen molar-refractivity contribution in [2.24, 2.45) is 0 Å². The van der Waals surface area contributed by atoms with Crippen molar-refractivity contribution < 1.29 is 0 Å². The lowest BCUT2D eigenvalue weighted by atomic mass is 10.0. The Hall–Kier alpha value is -1.06. The summed E-state index contributed by atoms with van der Waals surface area (Å²) >= 11 is 0. The van der Waals surface area contributed by atoms with E-state index in [2.05, 4.69) is 45.4 Å². The Morgan fingerprint density at radius 1 is 0.952 bits per heavy atom. The quantitative estimate of drug-likeness (QED) is 0.812. The molecule has 0 unspecified atom stereocenters. The van der Waals surface area contributed by atoms with E-state index in [1.807, 2.05) is 0 Å². The van der Waals surface area contributed by atoms with Crippen molar-refractivity contribution in [3.05, 3.63) is 30.3 Å². The largest absolute Gasteiger partial charge is 0.371 e. The van der Waals surface area contributed by atoms with E-state index >= 15 is 0 Å². The van der Waals surface area contributed by atoms with Crippen LogP contribution in [0.4, 0.5) is 5.69 Å². The minimum Gasteiger partial charge on any atom is -0.371 e. The van der Waals surface area contributed by atoms with Crippen molar-refractivity contribution in [3.63, 3.8) is 0 Å². The second-order valence-electron chi connectivity index (χ2n) is 6.45. The van der Waals surface area contributed by atoms with E-state index in [1.165, 1.54) is 77.1 Å². The van der Waals surface area contributed by atoms with Crippen LogP contribution in [0.15, 0.2) is 30.3 Å². The highest BCUT2D eigenvalue weighted by molar-refractivity contribution is 5.46. The molecule has 3 nitrogen and oxygen atoms in total. The predicted octanol–water partition coefficient (Wildman–Crippen LogP) is 2.73. The van der Waals surface area contributed by atoms with Crippen LogP contribution < -0.4 is 10.2 Å². The molecule has 21 heavy (non-hydrogen) atoms. The Kier molecular flexibility index (Phi) is 5.53. The van der Waals surface area contributed by atoms with Gasteiger partial charge in [0.25, 0.3) is 0 Å². The van der Waals surface area contributed by atoms with Crippen molar-refractivity contribution in [3.8, 4) is 0 Å². The molecule has 1 aromatic carbocycles. The third-order valence-corrected chi connectivity index (χ3v) is 4.90. The zero-order valence-electron chi connectivity index (χ0n) is 13.1. The van der Waals surface area contributed by atoms with Crippen molar-refractivity contribution in [2.75, 3.05) is 44.2 Å².